The lowest BCUT2D eigenvalue weighted by atomic mass is 10.2. The highest BCUT2D eigenvalue weighted by Crippen LogP contribution is 2.29. The van der Waals surface area contributed by atoms with E-state index in [1.165, 1.54) is 11.3 Å². The summed E-state index contributed by atoms with van der Waals surface area (Å²) in [5.74, 6) is 1.35. The Bertz CT molecular complexity index is 448. The fourth-order valence-corrected chi connectivity index (χ4v) is 1.77. The van der Waals surface area contributed by atoms with Crippen molar-refractivity contribution in [1.29, 1.82) is 0 Å². The van der Waals surface area contributed by atoms with Gasteiger partial charge in [0.1, 0.15) is 5.00 Å². The third-order valence-corrected chi connectivity index (χ3v) is 2.78. The molecule has 0 spiro atoms. The number of nitrogens with one attached hydrogen (secondary N) is 1. The quantitative estimate of drug-likeness (QED) is 0.867. The molecule has 0 amide bonds. The summed E-state index contributed by atoms with van der Waals surface area (Å²) in [5, 5.41) is 11.9. The molecule has 80 valence electrons. The molecule has 5 nitrogen and oxygen atoms in total. The third kappa shape index (κ3) is 1.85. The lowest BCUT2D eigenvalue weighted by molar-refractivity contribution is 0.480. The van der Waals surface area contributed by atoms with Gasteiger partial charge in [0.05, 0.1) is 5.51 Å². The van der Waals surface area contributed by atoms with Gasteiger partial charge in [0.2, 0.25) is 5.89 Å². The van der Waals surface area contributed by atoms with Gasteiger partial charge in [0.15, 0.2) is 5.69 Å². The van der Waals surface area contributed by atoms with Crippen molar-refractivity contribution in [3.05, 3.63) is 11.4 Å². The van der Waals surface area contributed by atoms with Crippen LogP contribution in [-0.4, -0.2) is 22.2 Å². The first kappa shape index (κ1) is 10.1. The van der Waals surface area contributed by atoms with Gasteiger partial charge >= 0.3 is 0 Å². The molecule has 0 aliphatic rings. The Morgan fingerprint density at radius 2 is 2.20 bits per heavy atom. The molecule has 1 N–H and O–H groups in total. The molecule has 0 bridgehead atoms. The molecule has 0 radical (unpaired) electrons. The highest BCUT2D eigenvalue weighted by molar-refractivity contribution is 7.14. The molecule has 0 aliphatic carbocycles. The minimum Gasteiger partial charge on any atom is -0.419 e. The first-order valence-electron chi connectivity index (χ1n) is 4.67. The molecule has 0 saturated carbocycles. The minimum atomic E-state index is 0.239. The van der Waals surface area contributed by atoms with Crippen molar-refractivity contribution in [3.63, 3.8) is 0 Å². The number of hydrogen-bond donors (Lipinski definition) is 1. The average molecular weight is 224 g/mol. The Hall–Kier alpha value is -1.43. The summed E-state index contributed by atoms with van der Waals surface area (Å²) >= 11 is 1.51. The smallest absolute Gasteiger partial charge is 0.269 e. The minimum absolute atomic E-state index is 0.239. The number of anilines is 1. The van der Waals surface area contributed by atoms with E-state index in [-0.39, 0.29) is 5.92 Å². The summed E-state index contributed by atoms with van der Waals surface area (Å²) in [7, 11) is 1.84. The van der Waals surface area contributed by atoms with Gasteiger partial charge in [-0.25, -0.2) is 4.98 Å². The van der Waals surface area contributed by atoms with Crippen LogP contribution in [-0.2, 0) is 0 Å². The fourth-order valence-electron chi connectivity index (χ4n) is 1.14. The molecular weight excluding hydrogens is 212 g/mol. The zero-order valence-electron chi connectivity index (χ0n) is 8.81. The molecule has 2 aromatic rings. The second-order valence-corrected chi connectivity index (χ2v) is 4.24. The molecule has 0 aromatic carbocycles. The zero-order valence-corrected chi connectivity index (χ0v) is 9.63. The van der Waals surface area contributed by atoms with E-state index in [1.54, 1.807) is 5.51 Å². The molecular formula is C9H12N4OS. The van der Waals surface area contributed by atoms with E-state index in [9.17, 15) is 0 Å². The lowest BCUT2D eigenvalue weighted by Crippen LogP contribution is -1.88. The largest absolute Gasteiger partial charge is 0.419 e. The van der Waals surface area contributed by atoms with E-state index in [1.807, 2.05) is 20.9 Å². The lowest BCUT2D eigenvalue weighted by Gasteiger charge is -1.96. The molecule has 0 fully saturated rings. The fraction of sp³-hybridized carbons (Fsp3) is 0.444. The predicted molar refractivity (Wildman–Crippen MR) is 59.0 cm³/mol. The Morgan fingerprint density at radius 1 is 1.40 bits per heavy atom. The van der Waals surface area contributed by atoms with Crippen LogP contribution in [0.4, 0.5) is 5.00 Å². The molecule has 6 heteroatoms. The second kappa shape index (κ2) is 3.98. The van der Waals surface area contributed by atoms with Gasteiger partial charge in [0, 0.05) is 13.0 Å². The van der Waals surface area contributed by atoms with Gasteiger partial charge in [-0.1, -0.05) is 13.8 Å². The monoisotopic (exact) mass is 224 g/mol. The molecule has 2 aromatic heterocycles. The van der Waals surface area contributed by atoms with Crippen molar-refractivity contribution in [1.82, 2.24) is 15.2 Å². The van der Waals surface area contributed by atoms with Crippen LogP contribution in [0.1, 0.15) is 25.7 Å². The Balaban J connectivity index is 2.37. The summed E-state index contributed by atoms with van der Waals surface area (Å²) in [6, 6.07) is 0. The number of nitrogens with zero attached hydrogens (tertiary/aromatic N) is 3. The average Bonchev–Trinajstić information content (AvgIpc) is 2.85. The summed E-state index contributed by atoms with van der Waals surface area (Å²) < 4.78 is 5.51. The van der Waals surface area contributed by atoms with Crippen LogP contribution >= 0.6 is 11.3 Å². The van der Waals surface area contributed by atoms with Crippen LogP contribution in [0.15, 0.2) is 9.93 Å². The zero-order chi connectivity index (χ0) is 10.8. The van der Waals surface area contributed by atoms with Crippen molar-refractivity contribution >= 4 is 16.3 Å². The van der Waals surface area contributed by atoms with E-state index in [2.05, 4.69) is 20.5 Å². The Morgan fingerprint density at radius 3 is 2.80 bits per heavy atom. The van der Waals surface area contributed by atoms with Crippen molar-refractivity contribution < 1.29 is 4.42 Å². The normalized spacial score (nSPS) is 10.9. The third-order valence-electron chi connectivity index (χ3n) is 1.93. The highest BCUT2D eigenvalue weighted by atomic mass is 32.1. The number of hydrogen-bond acceptors (Lipinski definition) is 6. The summed E-state index contributed by atoms with van der Waals surface area (Å²) in [4.78, 5) is 4.19. The maximum absolute atomic E-state index is 5.51. The molecule has 0 aliphatic heterocycles. The van der Waals surface area contributed by atoms with Gasteiger partial charge in [-0.3, -0.25) is 0 Å². The van der Waals surface area contributed by atoms with Crippen LogP contribution in [0.2, 0.25) is 0 Å². The number of thiazole rings is 1. The van der Waals surface area contributed by atoms with E-state index in [0.29, 0.717) is 11.8 Å². The maximum atomic E-state index is 5.51. The van der Waals surface area contributed by atoms with Gasteiger partial charge in [0.25, 0.3) is 5.89 Å². The number of aromatic nitrogens is 3. The molecule has 0 unspecified atom stereocenters. The molecule has 2 rings (SSSR count). The van der Waals surface area contributed by atoms with Crippen molar-refractivity contribution in [2.75, 3.05) is 12.4 Å². The maximum Gasteiger partial charge on any atom is 0.269 e. The van der Waals surface area contributed by atoms with E-state index in [0.717, 1.165) is 10.7 Å². The first-order valence-corrected chi connectivity index (χ1v) is 5.55. The Labute approximate surface area is 91.6 Å². The molecule has 2 heterocycles. The number of rotatable bonds is 3. The van der Waals surface area contributed by atoms with Crippen LogP contribution in [0.3, 0.4) is 0 Å². The van der Waals surface area contributed by atoms with Crippen LogP contribution < -0.4 is 5.32 Å². The van der Waals surface area contributed by atoms with E-state index in [4.69, 9.17) is 4.42 Å². The van der Waals surface area contributed by atoms with Crippen molar-refractivity contribution in [3.8, 4) is 11.6 Å². The van der Waals surface area contributed by atoms with Gasteiger partial charge < -0.3 is 9.73 Å². The van der Waals surface area contributed by atoms with E-state index >= 15 is 0 Å². The topological polar surface area (TPSA) is 63.8 Å². The standard InChI is InChI=1S/C9H12N4OS/c1-5(2)7-12-13-8(14-7)6-9(10-3)15-4-11-6/h4-5,10H,1-3H3. The molecule has 0 atom stereocenters. The van der Waals surface area contributed by atoms with Gasteiger partial charge in [-0.2, -0.15) is 0 Å². The highest BCUT2D eigenvalue weighted by Gasteiger charge is 2.16. The van der Waals surface area contributed by atoms with Crippen LogP contribution in [0.5, 0.6) is 0 Å². The van der Waals surface area contributed by atoms with Crippen LogP contribution in [0, 0.1) is 0 Å². The SMILES string of the molecule is CNc1scnc1-c1nnc(C(C)C)o1. The van der Waals surface area contributed by atoms with E-state index < -0.39 is 0 Å². The van der Waals surface area contributed by atoms with Gasteiger partial charge in [-0.15, -0.1) is 21.5 Å². The Kier molecular flexibility index (Phi) is 2.68. The summed E-state index contributed by atoms with van der Waals surface area (Å²) in [6.07, 6.45) is 0. The van der Waals surface area contributed by atoms with Crippen molar-refractivity contribution in [2.45, 2.75) is 19.8 Å². The predicted octanol–water partition coefficient (Wildman–Crippen LogP) is 2.36. The molecule has 0 saturated heterocycles. The van der Waals surface area contributed by atoms with Crippen molar-refractivity contribution in [2.24, 2.45) is 0 Å². The molecule has 15 heavy (non-hydrogen) atoms. The second-order valence-electron chi connectivity index (χ2n) is 3.38. The summed E-state index contributed by atoms with van der Waals surface area (Å²) in [6.45, 7) is 4.02. The van der Waals surface area contributed by atoms with Gasteiger partial charge in [-0.05, 0) is 0 Å². The summed E-state index contributed by atoms with van der Waals surface area (Å²) in [5.41, 5.74) is 2.47. The first-order chi connectivity index (χ1) is 7.22. The van der Waals surface area contributed by atoms with Crippen LogP contribution in [0.25, 0.3) is 11.6 Å².